The molecular formula is C12H19N3O2. The number of carbonyl (C=O) groups excluding carboxylic acids is 1. The van der Waals surface area contributed by atoms with E-state index >= 15 is 0 Å². The van der Waals surface area contributed by atoms with Gasteiger partial charge in [0.25, 0.3) is 5.91 Å². The minimum Gasteiger partial charge on any atom is -0.399 e. The van der Waals surface area contributed by atoms with Crippen molar-refractivity contribution in [3.05, 3.63) is 23.8 Å². The Bertz CT molecular complexity index is 405. The van der Waals surface area contributed by atoms with Gasteiger partial charge < -0.3 is 21.9 Å². The molecule has 0 fully saturated rings. The molecule has 1 amide bonds. The van der Waals surface area contributed by atoms with Gasteiger partial charge in [-0.1, -0.05) is 13.8 Å². The predicted molar refractivity (Wildman–Crippen MR) is 68.7 cm³/mol. The summed E-state index contributed by atoms with van der Waals surface area (Å²) in [6.45, 7) is 3.93. The Morgan fingerprint density at radius 3 is 2.59 bits per heavy atom. The van der Waals surface area contributed by atoms with Gasteiger partial charge in [0.15, 0.2) is 0 Å². The molecule has 0 bridgehead atoms. The van der Waals surface area contributed by atoms with Gasteiger partial charge in [-0.3, -0.25) is 4.79 Å². The van der Waals surface area contributed by atoms with E-state index in [1.165, 1.54) is 0 Å². The molecule has 0 heterocycles. The van der Waals surface area contributed by atoms with Crippen LogP contribution in [0.5, 0.6) is 0 Å². The van der Waals surface area contributed by atoms with Crippen LogP contribution in [0.1, 0.15) is 24.2 Å². The Morgan fingerprint density at radius 1 is 1.47 bits per heavy atom. The first-order valence-corrected chi connectivity index (χ1v) is 5.52. The summed E-state index contributed by atoms with van der Waals surface area (Å²) in [6, 6.07) is 4.70. The summed E-state index contributed by atoms with van der Waals surface area (Å²) in [5.74, 6) is -0.296. The number of nitrogens with two attached hydrogens (primary N) is 2. The second kappa shape index (κ2) is 5.54. The van der Waals surface area contributed by atoms with Gasteiger partial charge >= 0.3 is 0 Å². The third kappa shape index (κ3) is 3.35. The molecule has 0 aliphatic heterocycles. The fourth-order valence-corrected chi connectivity index (χ4v) is 1.52. The first-order chi connectivity index (χ1) is 7.95. The first kappa shape index (κ1) is 13.3. The molecule has 0 saturated heterocycles. The van der Waals surface area contributed by atoms with E-state index in [0.717, 1.165) is 0 Å². The molecule has 1 aromatic carbocycles. The summed E-state index contributed by atoms with van der Waals surface area (Å²) in [5, 5.41) is 12.3. The summed E-state index contributed by atoms with van der Waals surface area (Å²) in [5.41, 5.74) is 12.4. The largest absolute Gasteiger partial charge is 0.399 e. The first-order valence-electron chi connectivity index (χ1n) is 5.52. The van der Waals surface area contributed by atoms with E-state index in [2.05, 4.69) is 5.32 Å². The molecule has 5 heteroatoms. The van der Waals surface area contributed by atoms with Crippen molar-refractivity contribution < 1.29 is 9.90 Å². The highest BCUT2D eigenvalue weighted by Gasteiger charge is 2.15. The highest BCUT2D eigenvalue weighted by Crippen LogP contribution is 2.21. The number of benzene rings is 1. The zero-order valence-corrected chi connectivity index (χ0v) is 10.1. The van der Waals surface area contributed by atoms with Crippen LogP contribution in [0.15, 0.2) is 18.2 Å². The van der Waals surface area contributed by atoms with Gasteiger partial charge in [-0.05, 0) is 24.1 Å². The molecule has 5 nitrogen and oxygen atoms in total. The van der Waals surface area contributed by atoms with E-state index in [4.69, 9.17) is 11.5 Å². The van der Waals surface area contributed by atoms with Gasteiger partial charge in [0, 0.05) is 11.4 Å². The average Bonchev–Trinajstić information content (AvgIpc) is 2.25. The fraction of sp³-hybridized carbons (Fsp3) is 0.417. The molecule has 1 unspecified atom stereocenters. The maximum absolute atomic E-state index is 11.3. The number of aliphatic hydroxyl groups excluding tert-OH is 1. The van der Waals surface area contributed by atoms with Gasteiger partial charge in [-0.15, -0.1) is 0 Å². The van der Waals surface area contributed by atoms with Crippen molar-refractivity contribution in [3.63, 3.8) is 0 Å². The van der Waals surface area contributed by atoms with Gasteiger partial charge in [-0.25, -0.2) is 0 Å². The standard InChI is InChI=1S/C12H19N3O2/c1-7(2)11(6-16)15-10-5-8(13)3-4-9(10)12(14)17/h3-5,7,11,15-16H,6,13H2,1-2H3,(H2,14,17). The highest BCUT2D eigenvalue weighted by atomic mass is 16.3. The number of hydrogen-bond acceptors (Lipinski definition) is 4. The minimum absolute atomic E-state index is 0.0231. The highest BCUT2D eigenvalue weighted by molar-refractivity contribution is 5.99. The third-order valence-corrected chi connectivity index (χ3v) is 2.65. The molecule has 1 rings (SSSR count). The Morgan fingerprint density at radius 2 is 2.12 bits per heavy atom. The molecule has 1 atom stereocenters. The van der Waals surface area contributed by atoms with Crippen LogP contribution in [0.4, 0.5) is 11.4 Å². The Balaban J connectivity index is 3.03. The monoisotopic (exact) mass is 237 g/mol. The van der Waals surface area contributed by atoms with Crippen LogP contribution in [0.2, 0.25) is 0 Å². The van der Waals surface area contributed by atoms with E-state index in [9.17, 15) is 9.90 Å². The fourth-order valence-electron chi connectivity index (χ4n) is 1.52. The van der Waals surface area contributed by atoms with Crippen LogP contribution >= 0.6 is 0 Å². The number of rotatable bonds is 5. The Labute approximate surface area is 101 Å². The summed E-state index contributed by atoms with van der Waals surface area (Å²) in [6.07, 6.45) is 0. The molecule has 0 radical (unpaired) electrons. The molecule has 0 aliphatic carbocycles. The molecule has 17 heavy (non-hydrogen) atoms. The number of carbonyl (C=O) groups is 1. The molecule has 6 N–H and O–H groups in total. The van der Waals surface area contributed by atoms with Crippen LogP contribution in [0, 0.1) is 5.92 Å². The Kier molecular flexibility index (Phi) is 4.34. The van der Waals surface area contributed by atoms with Crippen LogP contribution < -0.4 is 16.8 Å². The molecule has 1 aromatic rings. The maximum Gasteiger partial charge on any atom is 0.250 e. The smallest absolute Gasteiger partial charge is 0.250 e. The van der Waals surface area contributed by atoms with Crippen LogP contribution in [-0.2, 0) is 0 Å². The van der Waals surface area contributed by atoms with E-state index in [1.54, 1.807) is 18.2 Å². The van der Waals surface area contributed by atoms with Gasteiger partial charge in [0.1, 0.15) is 0 Å². The lowest BCUT2D eigenvalue weighted by Crippen LogP contribution is -2.30. The molecule has 0 aromatic heterocycles. The van der Waals surface area contributed by atoms with Crippen molar-refractivity contribution >= 4 is 17.3 Å². The molecular weight excluding hydrogens is 218 g/mol. The second-order valence-corrected chi connectivity index (χ2v) is 4.35. The van der Waals surface area contributed by atoms with E-state index in [1.807, 2.05) is 13.8 Å². The number of hydrogen-bond donors (Lipinski definition) is 4. The number of aliphatic hydroxyl groups is 1. The maximum atomic E-state index is 11.3. The quantitative estimate of drug-likeness (QED) is 0.569. The third-order valence-electron chi connectivity index (χ3n) is 2.65. The lowest BCUT2D eigenvalue weighted by molar-refractivity contribution is 0.100. The lowest BCUT2D eigenvalue weighted by atomic mass is 10.0. The number of nitrogens with one attached hydrogen (secondary N) is 1. The average molecular weight is 237 g/mol. The topological polar surface area (TPSA) is 101 Å². The van der Waals surface area contributed by atoms with Crippen molar-refractivity contribution in [1.82, 2.24) is 0 Å². The van der Waals surface area contributed by atoms with Crippen LogP contribution in [-0.4, -0.2) is 23.7 Å². The summed E-state index contributed by atoms with van der Waals surface area (Å²) in [7, 11) is 0. The van der Waals surface area contributed by atoms with E-state index < -0.39 is 5.91 Å². The van der Waals surface area contributed by atoms with Crippen molar-refractivity contribution in [1.29, 1.82) is 0 Å². The molecule has 94 valence electrons. The van der Waals surface area contributed by atoms with Gasteiger partial charge in [0.2, 0.25) is 0 Å². The predicted octanol–water partition coefficient (Wildman–Crippen LogP) is 0.797. The van der Waals surface area contributed by atoms with E-state index in [-0.39, 0.29) is 18.6 Å². The van der Waals surface area contributed by atoms with Crippen molar-refractivity contribution in [2.24, 2.45) is 11.7 Å². The number of amides is 1. The number of nitrogen functional groups attached to an aromatic ring is 1. The lowest BCUT2D eigenvalue weighted by Gasteiger charge is -2.22. The second-order valence-electron chi connectivity index (χ2n) is 4.35. The summed E-state index contributed by atoms with van der Waals surface area (Å²) < 4.78 is 0. The van der Waals surface area contributed by atoms with Crippen LogP contribution in [0.25, 0.3) is 0 Å². The Hall–Kier alpha value is -1.75. The summed E-state index contributed by atoms with van der Waals surface area (Å²) >= 11 is 0. The molecule has 0 spiro atoms. The normalized spacial score (nSPS) is 12.5. The van der Waals surface area contributed by atoms with Gasteiger partial charge in [-0.2, -0.15) is 0 Å². The van der Waals surface area contributed by atoms with Crippen LogP contribution in [0.3, 0.4) is 0 Å². The SMILES string of the molecule is CC(C)C(CO)Nc1cc(N)ccc1C(N)=O. The number of anilines is 2. The molecule has 0 aliphatic rings. The number of primary amides is 1. The summed E-state index contributed by atoms with van der Waals surface area (Å²) in [4.78, 5) is 11.3. The zero-order valence-electron chi connectivity index (χ0n) is 10.1. The zero-order chi connectivity index (χ0) is 13.0. The van der Waals surface area contributed by atoms with E-state index in [0.29, 0.717) is 16.9 Å². The van der Waals surface area contributed by atoms with Crippen molar-refractivity contribution in [3.8, 4) is 0 Å². The van der Waals surface area contributed by atoms with Crippen molar-refractivity contribution in [2.45, 2.75) is 19.9 Å². The van der Waals surface area contributed by atoms with Crippen molar-refractivity contribution in [2.75, 3.05) is 17.7 Å². The van der Waals surface area contributed by atoms with Gasteiger partial charge in [0.05, 0.1) is 18.2 Å². The minimum atomic E-state index is -0.520. The molecule has 0 saturated carbocycles.